The van der Waals surface area contributed by atoms with Crippen molar-refractivity contribution in [2.24, 2.45) is 5.73 Å². The van der Waals surface area contributed by atoms with Crippen LogP contribution in [0.3, 0.4) is 0 Å². The van der Waals surface area contributed by atoms with Gasteiger partial charge in [0, 0.05) is 18.2 Å². The van der Waals surface area contributed by atoms with E-state index in [1.54, 1.807) is 44.6 Å². The second kappa shape index (κ2) is 12.3. The number of nitrogens with zero attached hydrogens (tertiary/aromatic N) is 1. The highest BCUT2D eigenvalue weighted by Crippen LogP contribution is 2.35. The predicted octanol–water partition coefficient (Wildman–Crippen LogP) is 3.47. The molecule has 8 heteroatoms. The lowest BCUT2D eigenvalue weighted by molar-refractivity contribution is 0.0934. The number of halogens is 1. The Morgan fingerprint density at radius 2 is 1.87 bits per heavy atom. The number of carbonyl (C=O) groups is 2. The Kier molecular flexibility index (Phi) is 9.81. The summed E-state index contributed by atoms with van der Waals surface area (Å²) in [5.41, 5.74) is 5.96. The van der Waals surface area contributed by atoms with Crippen molar-refractivity contribution in [3.63, 3.8) is 0 Å². The molecule has 1 heterocycles. The van der Waals surface area contributed by atoms with Crippen LogP contribution >= 0.6 is 15.9 Å². The van der Waals surface area contributed by atoms with Crippen molar-refractivity contribution in [1.29, 1.82) is 0 Å². The Labute approximate surface area is 192 Å². The quantitative estimate of drug-likeness (QED) is 0.618. The number of rotatable bonds is 7. The molecule has 7 nitrogen and oxygen atoms in total. The molecule has 31 heavy (non-hydrogen) atoms. The van der Waals surface area contributed by atoms with E-state index in [2.05, 4.69) is 33.1 Å². The van der Waals surface area contributed by atoms with Gasteiger partial charge in [-0.2, -0.15) is 0 Å². The Hall–Kier alpha value is -2.58. The molecule has 2 aromatic carbocycles. The van der Waals surface area contributed by atoms with Crippen LogP contribution in [0.2, 0.25) is 0 Å². The number of likely N-dealkylation sites (N-methyl/N-ethyl adjacent to an activating group) is 1. The van der Waals surface area contributed by atoms with E-state index in [4.69, 9.17) is 15.2 Å². The fourth-order valence-corrected chi connectivity index (χ4v) is 4.06. The molecule has 0 aliphatic carbocycles. The van der Waals surface area contributed by atoms with Crippen LogP contribution in [0.1, 0.15) is 40.5 Å². The summed E-state index contributed by atoms with van der Waals surface area (Å²) in [5.74, 6) is 0.459. The van der Waals surface area contributed by atoms with Crippen LogP contribution in [-0.2, 0) is 0 Å². The first-order valence-corrected chi connectivity index (χ1v) is 11.0. The van der Waals surface area contributed by atoms with Crippen molar-refractivity contribution in [2.75, 3.05) is 33.9 Å². The Bertz CT molecular complexity index is 877. The first-order valence-electron chi connectivity index (χ1n) is 10.2. The van der Waals surface area contributed by atoms with Crippen LogP contribution in [0.5, 0.6) is 11.5 Å². The SMILES string of the molecule is CCN1CCC[C@H]1CNC(=O)c1c(OC)ccc(Br)c1OC.NC(=O)c1ccccc1. The van der Waals surface area contributed by atoms with Gasteiger partial charge in [0.1, 0.15) is 17.1 Å². The summed E-state index contributed by atoms with van der Waals surface area (Å²) in [6.07, 6.45) is 2.32. The number of carbonyl (C=O) groups excluding carboxylic acids is 2. The summed E-state index contributed by atoms with van der Waals surface area (Å²) >= 11 is 3.41. The molecule has 2 aromatic rings. The van der Waals surface area contributed by atoms with E-state index in [1.165, 1.54) is 6.42 Å². The maximum Gasteiger partial charge on any atom is 0.258 e. The number of primary amides is 1. The minimum absolute atomic E-state index is 0.169. The Morgan fingerprint density at radius 3 is 2.42 bits per heavy atom. The van der Waals surface area contributed by atoms with Gasteiger partial charge in [-0.15, -0.1) is 0 Å². The molecule has 1 aliphatic rings. The first-order chi connectivity index (χ1) is 14.9. The molecule has 1 aliphatic heterocycles. The number of hydrogen-bond donors (Lipinski definition) is 2. The average molecular weight is 492 g/mol. The zero-order valence-corrected chi connectivity index (χ0v) is 19.8. The third-order valence-corrected chi connectivity index (χ3v) is 5.81. The topological polar surface area (TPSA) is 93.9 Å². The van der Waals surface area contributed by atoms with Crippen molar-refractivity contribution < 1.29 is 19.1 Å². The molecule has 0 unspecified atom stereocenters. The van der Waals surface area contributed by atoms with E-state index in [0.717, 1.165) is 24.0 Å². The molecule has 3 N–H and O–H groups in total. The summed E-state index contributed by atoms with van der Waals surface area (Å²) in [7, 11) is 3.10. The van der Waals surface area contributed by atoms with Crippen LogP contribution in [0.25, 0.3) is 0 Å². The monoisotopic (exact) mass is 491 g/mol. The fraction of sp³-hybridized carbons (Fsp3) is 0.391. The van der Waals surface area contributed by atoms with Gasteiger partial charge in [0.05, 0.1) is 18.7 Å². The molecular weight excluding hydrogens is 462 g/mol. The van der Waals surface area contributed by atoms with Gasteiger partial charge in [0.25, 0.3) is 5.91 Å². The number of nitrogens with two attached hydrogens (primary N) is 1. The van der Waals surface area contributed by atoms with Crippen molar-refractivity contribution in [2.45, 2.75) is 25.8 Å². The number of nitrogens with one attached hydrogen (secondary N) is 1. The summed E-state index contributed by atoms with van der Waals surface area (Å²) in [6.45, 7) is 4.93. The maximum atomic E-state index is 12.6. The van der Waals surface area contributed by atoms with Crippen molar-refractivity contribution in [1.82, 2.24) is 10.2 Å². The van der Waals surface area contributed by atoms with E-state index >= 15 is 0 Å². The van der Waals surface area contributed by atoms with Gasteiger partial charge < -0.3 is 20.5 Å². The zero-order valence-electron chi connectivity index (χ0n) is 18.2. The lowest BCUT2D eigenvalue weighted by atomic mass is 10.1. The smallest absolute Gasteiger partial charge is 0.258 e. The standard InChI is InChI=1S/C16H23BrN2O3.C7H7NO/c1-4-19-9-5-6-11(19)10-18-16(20)14-13(21-2)8-7-12(17)15(14)22-3;8-7(9)6-4-2-1-3-5-6/h7-8,11H,4-6,9-10H2,1-3H3,(H,18,20);1-5H,(H2,8,9)/t11-;/m0./s1. The molecule has 0 radical (unpaired) electrons. The van der Waals surface area contributed by atoms with Crippen LogP contribution in [0.4, 0.5) is 0 Å². The summed E-state index contributed by atoms with van der Waals surface area (Å²) in [6, 6.07) is 12.7. The minimum Gasteiger partial charge on any atom is -0.496 e. The van der Waals surface area contributed by atoms with Crippen LogP contribution in [0, 0.1) is 0 Å². The molecule has 2 amide bonds. The molecule has 0 aromatic heterocycles. The van der Waals surface area contributed by atoms with Crippen molar-refractivity contribution >= 4 is 27.7 Å². The molecule has 168 valence electrons. The summed E-state index contributed by atoms with van der Waals surface area (Å²) in [5, 5.41) is 3.02. The van der Waals surface area contributed by atoms with E-state index in [-0.39, 0.29) is 11.8 Å². The third-order valence-electron chi connectivity index (χ3n) is 5.18. The molecule has 1 saturated heterocycles. The molecule has 1 atom stereocenters. The normalized spacial score (nSPS) is 15.5. The van der Waals surface area contributed by atoms with Crippen LogP contribution in [0.15, 0.2) is 46.9 Å². The van der Waals surface area contributed by atoms with E-state index < -0.39 is 0 Å². The molecule has 0 saturated carbocycles. The summed E-state index contributed by atoms with van der Waals surface area (Å²) in [4.78, 5) is 25.4. The first kappa shape index (κ1) is 24.7. The van der Waals surface area contributed by atoms with E-state index in [9.17, 15) is 9.59 Å². The number of hydrogen-bond acceptors (Lipinski definition) is 5. The second-order valence-corrected chi connectivity index (χ2v) is 7.88. The summed E-state index contributed by atoms with van der Waals surface area (Å²) < 4.78 is 11.4. The van der Waals surface area contributed by atoms with Gasteiger partial charge in [-0.3, -0.25) is 14.5 Å². The van der Waals surface area contributed by atoms with Gasteiger partial charge >= 0.3 is 0 Å². The van der Waals surface area contributed by atoms with Gasteiger partial charge in [0.2, 0.25) is 5.91 Å². The molecule has 0 bridgehead atoms. The van der Waals surface area contributed by atoms with Crippen molar-refractivity contribution in [3.05, 3.63) is 58.1 Å². The van der Waals surface area contributed by atoms with Crippen LogP contribution in [-0.4, -0.2) is 56.6 Å². The number of methoxy groups -OCH3 is 2. The molecular formula is C23H30BrN3O4. The largest absolute Gasteiger partial charge is 0.496 e. The number of amides is 2. The number of benzene rings is 2. The number of likely N-dealkylation sites (tertiary alicyclic amines) is 1. The minimum atomic E-state index is -0.379. The second-order valence-electron chi connectivity index (χ2n) is 7.02. The highest BCUT2D eigenvalue weighted by molar-refractivity contribution is 9.10. The van der Waals surface area contributed by atoms with Gasteiger partial charge in [0.15, 0.2) is 0 Å². The van der Waals surface area contributed by atoms with Gasteiger partial charge in [-0.25, -0.2) is 0 Å². The zero-order chi connectivity index (χ0) is 22.8. The lowest BCUT2D eigenvalue weighted by Crippen LogP contribution is -2.40. The average Bonchev–Trinajstić information content (AvgIpc) is 3.25. The van der Waals surface area contributed by atoms with Crippen LogP contribution < -0.4 is 20.5 Å². The van der Waals surface area contributed by atoms with E-state index in [0.29, 0.717) is 35.2 Å². The molecule has 3 rings (SSSR count). The molecule has 0 spiro atoms. The van der Waals surface area contributed by atoms with Gasteiger partial charge in [-0.1, -0.05) is 25.1 Å². The molecule has 1 fully saturated rings. The fourth-order valence-electron chi connectivity index (χ4n) is 3.57. The third kappa shape index (κ3) is 6.70. The van der Waals surface area contributed by atoms with E-state index in [1.807, 2.05) is 12.1 Å². The lowest BCUT2D eigenvalue weighted by Gasteiger charge is -2.23. The predicted molar refractivity (Wildman–Crippen MR) is 125 cm³/mol. The van der Waals surface area contributed by atoms with Crippen molar-refractivity contribution in [3.8, 4) is 11.5 Å². The maximum absolute atomic E-state index is 12.6. The number of ether oxygens (including phenoxy) is 2. The Morgan fingerprint density at radius 1 is 1.16 bits per heavy atom. The highest BCUT2D eigenvalue weighted by atomic mass is 79.9. The Balaban J connectivity index is 0.000000316. The van der Waals surface area contributed by atoms with Gasteiger partial charge in [-0.05, 0) is 66.1 Å². The highest BCUT2D eigenvalue weighted by Gasteiger charge is 2.25.